The molecule has 1 saturated heterocycles. The molecular formula is C17H23ClFN5O2S2. The zero-order valence-corrected chi connectivity index (χ0v) is 17.6. The van der Waals surface area contributed by atoms with E-state index >= 15 is 0 Å². The van der Waals surface area contributed by atoms with Gasteiger partial charge in [0.2, 0.25) is 0 Å². The fourth-order valence-electron chi connectivity index (χ4n) is 3.03. The molecule has 0 amide bonds. The van der Waals surface area contributed by atoms with Crippen LogP contribution in [0.1, 0.15) is 19.3 Å². The number of halogens is 2. The van der Waals surface area contributed by atoms with Gasteiger partial charge in [-0.25, -0.2) is 17.8 Å². The average Bonchev–Trinajstić information content (AvgIpc) is 3.12. The van der Waals surface area contributed by atoms with Crippen molar-refractivity contribution in [2.24, 2.45) is 5.73 Å². The van der Waals surface area contributed by atoms with Gasteiger partial charge in [-0.1, -0.05) is 11.6 Å². The van der Waals surface area contributed by atoms with Gasteiger partial charge in [-0.2, -0.15) is 0 Å². The first kappa shape index (κ1) is 21.3. The summed E-state index contributed by atoms with van der Waals surface area (Å²) in [4.78, 5) is 5.69. The summed E-state index contributed by atoms with van der Waals surface area (Å²) in [5.41, 5.74) is 6.06. The Labute approximate surface area is 173 Å². The normalized spacial score (nSPS) is 17.3. The molecule has 1 aliphatic rings. The fraction of sp³-hybridized carbons (Fsp3) is 0.471. The van der Waals surface area contributed by atoms with E-state index in [1.54, 1.807) is 5.38 Å². The fourth-order valence-corrected chi connectivity index (χ4v) is 5.20. The molecule has 2 heterocycles. The molecule has 0 aliphatic carbocycles. The Hall–Kier alpha value is -1.46. The summed E-state index contributed by atoms with van der Waals surface area (Å²) in [5, 5.41) is 5.00. The first-order chi connectivity index (χ1) is 13.4. The SMILES string of the molecule is NC[C@@H]1CCN1CCCCNc1cc(F)c(S(=O)(=O)Nc2nccs2)cc1Cl. The molecule has 154 valence electrons. The molecule has 1 aromatic carbocycles. The number of rotatable bonds is 10. The first-order valence-electron chi connectivity index (χ1n) is 9.00. The number of nitrogens with zero attached hydrogens (tertiary/aromatic N) is 2. The molecule has 3 rings (SSSR count). The zero-order valence-electron chi connectivity index (χ0n) is 15.2. The molecule has 0 unspecified atom stereocenters. The molecule has 0 saturated carbocycles. The summed E-state index contributed by atoms with van der Waals surface area (Å²) >= 11 is 7.27. The van der Waals surface area contributed by atoms with Gasteiger partial charge in [0.1, 0.15) is 10.7 Å². The molecule has 1 atom stereocenters. The van der Waals surface area contributed by atoms with Crippen LogP contribution in [-0.4, -0.2) is 50.5 Å². The lowest BCUT2D eigenvalue weighted by molar-refractivity contribution is 0.0951. The highest BCUT2D eigenvalue weighted by Gasteiger charge is 2.25. The van der Waals surface area contributed by atoms with Gasteiger partial charge < -0.3 is 11.1 Å². The number of hydrogen-bond donors (Lipinski definition) is 3. The van der Waals surface area contributed by atoms with Gasteiger partial charge in [0, 0.05) is 37.3 Å². The van der Waals surface area contributed by atoms with Crippen molar-refractivity contribution in [2.75, 3.05) is 36.2 Å². The molecule has 0 spiro atoms. The lowest BCUT2D eigenvalue weighted by atomic mass is 10.0. The third-order valence-electron chi connectivity index (χ3n) is 4.69. The maximum absolute atomic E-state index is 14.4. The van der Waals surface area contributed by atoms with E-state index in [-0.39, 0.29) is 10.2 Å². The average molecular weight is 448 g/mol. The summed E-state index contributed by atoms with van der Waals surface area (Å²) in [6.45, 7) is 3.39. The van der Waals surface area contributed by atoms with Gasteiger partial charge in [-0.05, 0) is 37.9 Å². The number of sulfonamides is 1. The number of hydrogen-bond acceptors (Lipinski definition) is 7. The Balaban J connectivity index is 1.54. The van der Waals surface area contributed by atoms with Crippen LogP contribution in [0.5, 0.6) is 0 Å². The molecule has 2 aromatic rings. The molecule has 28 heavy (non-hydrogen) atoms. The van der Waals surface area contributed by atoms with Crippen LogP contribution in [-0.2, 0) is 10.0 Å². The van der Waals surface area contributed by atoms with E-state index in [4.69, 9.17) is 17.3 Å². The smallest absolute Gasteiger partial charge is 0.266 e. The highest BCUT2D eigenvalue weighted by molar-refractivity contribution is 7.93. The van der Waals surface area contributed by atoms with Crippen LogP contribution in [0.3, 0.4) is 0 Å². The van der Waals surface area contributed by atoms with Crippen LogP contribution < -0.4 is 15.8 Å². The number of thiazole rings is 1. The predicted octanol–water partition coefficient (Wildman–Crippen LogP) is 2.96. The number of unbranched alkanes of at least 4 members (excludes halogenated alkanes) is 1. The minimum Gasteiger partial charge on any atom is -0.384 e. The Morgan fingerprint density at radius 2 is 2.21 bits per heavy atom. The van der Waals surface area contributed by atoms with Crippen LogP contribution in [0.15, 0.2) is 28.6 Å². The molecular weight excluding hydrogens is 425 g/mol. The maximum atomic E-state index is 14.4. The minimum absolute atomic E-state index is 0.145. The summed E-state index contributed by atoms with van der Waals surface area (Å²) in [7, 11) is -4.10. The highest BCUT2D eigenvalue weighted by atomic mass is 35.5. The van der Waals surface area contributed by atoms with Crippen molar-refractivity contribution in [1.82, 2.24) is 9.88 Å². The highest BCUT2D eigenvalue weighted by Crippen LogP contribution is 2.29. The lowest BCUT2D eigenvalue weighted by Gasteiger charge is -2.40. The number of nitrogens with two attached hydrogens (primary N) is 1. The van der Waals surface area contributed by atoms with Crippen molar-refractivity contribution >= 4 is 43.8 Å². The third-order valence-corrected chi connectivity index (χ3v) is 7.18. The van der Waals surface area contributed by atoms with E-state index in [2.05, 4.69) is 19.9 Å². The monoisotopic (exact) mass is 447 g/mol. The maximum Gasteiger partial charge on any atom is 0.266 e. The first-order valence-corrected chi connectivity index (χ1v) is 11.7. The van der Waals surface area contributed by atoms with E-state index in [1.165, 1.54) is 6.20 Å². The van der Waals surface area contributed by atoms with Crippen molar-refractivity contribution in [2.45, 2.75) is 30.2 Å². The van der Waals surface area contributed by atoms with Gasteiger partial charge >= 0.3 is 0 Å². The van der Waals surface area contributed by atoms with Crippen molar-refractivity contribution in [1.29, 1.82) is 0 Å². The van der Waals surface area contributed by atoms with Gasteiger partial charge in [-0.3, -0.25) is 9.62 Å². The van der Waals surface area contributed by atoms with Gasteiger partial charge in [0.15, 0.2) is 5.13 Å². The van der Waals surface area contributed by atoms with E-state index in [9.17, 15) is 12.8 Å². The second-order valence-corrected chi connectivity index (χ2v) is 9.51. The molecule has 7 nitrogen and oxygen atoms in total. The van der Waals surface area contributed by atoms with Crippen LogP contribution in [0.4, 0.5) is 15.2 Å². The van der Waals surface area contributed by atoms with Crippen molar-refractivity contribution in [3.63, 3.8) is 0 Å². The number of aromatic nitrogens is 1. The van der Waals surface area contributed by atoms with E-state index in [0.29, 0.717) is 24.8 Å². The molecule has 0 bridgehead atoms. The van der Waals surface area contributed by atoms with Crippen LogP contribution >= 0.6 is 22.9 Å². The molecule has 1 fully saturated rings. The summed E-state index contributed by atoms with van der Waals surface area (Å²) in [5.74, 6) is -0.873. The quantitative estimate of drug-likeness (QED) is 0.484. The molecule has 1 aromatic heterocycles. The van der Waals surface area contributed by atoms with Gasteiger partial charge in [-0.15, -0.1) is 11.3 Å². The summed E-state index contributed by atoms with van der Waals surface area (Å²) in [6, 6.07) is 2.73. The van der Waals surface area contributed by atoms with Crippen LogP contribution in [0.25, 0.3) is 0 Å². The second kappa shape index (κ2) is 9.36. The third kappa shape index (κ3) is 5.12. The van der Waals surface area contributed by atoms with Crippen molar-refractivity contribution in [3.8, 4) is 0 Å². The second-order valence-electron chi connectivity index (χ2n) is 6.55. The molecule has 1 aliphatic heterocycles. The van der Waals surface area contributed by atoms with Crippen molar-refractivity contribution in [3.05, 3.63) is 34.5 Å². The number of benzene rings is 1. The Bertz CT molecular complexity index is 893. The zero-order chi connectivity index (χ0) is 20.1. The number of anilines is 2. The van der Waals surface area contributed by atoms with E-state index < -0.39 is 20.7 Å². The standard InChI is InChI=1S/C17H23ClFN5O2S2/c18-13-9-16(28(25,26)23-17-22-5-8-27-17)14(19)10-15(13)21-4-1-2-6-24-7-3-12(24)11-20/h5,8-10,12,21H,1-4,6-7,11,20H2,(H,22,23)/t12-/m0/s1. The minimum atomic E-state index is -4.10. The van der Waals surface area contributed by atoms with E-state index in [0.717, 1.165) is 55.8 Å². The predicted molar refractivity (Wildman–Crippen MR) is 111 cm³/mol. The van der Waals surface area contributed by atoms with Gasteiger partial charge in [0.05, 0.1) is 10.7 Å². The van der Waals surface area contributed by atoms with Crippen LogP contribution in [0.2, 0.25) is 5.02 Å². The van der Waals surface area contributed by atoms with Gasteiger partial charge in [0.25, 0.3) is 10.0 Å². The molecule has 11 heteroatoms. The Kier molecular flexibility index (Phi) is 7.10. The molecule has 0 radical (unpaired) electrons. The van der Waals surface area contributed by atoms with E-state index in [1.807, 2.05) is 0 Å². The number of likely N-dealkylation sites (tertiary alicyclic amines) is 1. The molecule has 4 N–H and O–H groups in total. The Morgan fingerprint density at radius 1 is 1.39 bits per heavy atom. The topological polar surface area (TPSA) is 100 Å². The van der Waals surface area contributed by atoms with Crippen molar-refractivity contribution < 1.29 is 12.8 Å². The van der Waals surface area contributed by atoms with Crippen LogP contribution in [0, 0.1) is 5.82 Å². The lowest BCUT2D eigenvalue weighted by Crippen LogP contribution is -2.51. The summed E-state index contributed by atoms with van der Waals surface area (Å²) < 4.78 is 41.4. The Morgan fingerprint density at radius 3 is 2.86 bits per heavy atom. The summed E-state index contributed by atoms with van der Waals surface area (Å²) in [6.07, 6.45) is 4.50. The largest absolute Gasteiger partial charge is 0.384 e. The number of nitrogens with one attached hydrogen (secondary N) is 2.